The molecule has 1 aromatic heterocycles. The van der Waals surface area contributed by atoms with Gasteiger partial charge in [-0.2, -0.15) is 0 Å². The van der Waals surface area contributed by atoms with E-state index in [1.807, 2.05) is 11.3 Å². The Hall–Kier alpha value is -4.72. The van der Waals surface area contributed by atoms with Crippen molar-refractivity contribution in [3.8, 4) is 11.1 Å². The Kier molecular flexibility index (Phi) is 4.30. The minimum Gasteiger partial charge on any atom is -0.135 e. The maximum Gasteiger partial charge on any atom is 0.0440 e. The molecule has 0 N–H and O–H groups in total. The van der Waals surface area contributed by atoms with Crippen LogP contribution in [0.15, 0.2) is 133 Å². The molecule has 0 aliphatic carbocycles. The fourth-order valence-electron chi connectivity index (χ4n) is 6.59. The van der Waals surface area contributed by atoms with Gasteiger partial charge in [0.05, 0.1) is 0 Å². The van der Waals surface area contributed by atoms with Crippen molar-refractivity contribution < 1.29 is 0 Å². The SMILES string of the molecule is c1ccc2c(c1)sc1c2ccc2ccc3ccc(-c4ccc5c6ccccc6c6ccccc6c5c4)cc3c21. The van der Waals surface area contributed by atoms with E-state index in [0.717, 1.165) is 0 Å². The summed E-state index contributed by atoms with van der Waals surface area (Å²) in [6.07, 6.45) is 0. The maximum absolute atomic E-state index is 2.41. The number of thiophene rings is 1. The third-order valence-electron chi connectivity index (χ3n) is 8.42. The zero-order chi connectivity index (χ0) is 25.5. The fraction of sp³-hybridized carbons (Fsp3) is 0. The van der Waals surface area contributed by atoms with Crippen LogP contribution in [0.1, 0.15) is 0 Å². The van der Waals surface area contributed by atoms with Crippen LogP contribution in [0.4, 0.5) is 0 Å². The van der Waals surface area contributed by atoms with E-state index in [9.17, 15) is 0 Å². The lowest BCUT2D eigenvalue weighted by atomic mass is 9.91. The second-order valence-corrected chi connectivity index (χ2v) is 11.5. The molecule has 0 unspecified atom stereocenters. The van der Waals surface area contributed by atoms with E-state index in [1.54, 1.807) is 0 Å². The second-order valence-electron chi connectivity index (χ2n) is 10.5. The monoisotopic (exact) mass is 510 g/mol. The molecule has 39 heavy (non-hydrogen) atoms. The van der Waals surface area contributed by atoms with Gasteiger partial charge in [-0.1, -0.05) is 115 Å². The van der Waals surface area contributed by atoms with Crippen LogP contribution in [0.3, 0.4) is 0 Å². The molecule has 0 fully saturated rings. The molecule has 0 bridgehead atoms. The molecule has 0 aliphatic rings. The lowest BCUT2D eigenvalue weighted by Gasteiger charge is -2.13. The van der Waals surface area contributed by atoms with Gasteiger partial charge in [0, 0.05) is 25.6 Å². The van der Waals surface area contributed by atoms with Crippen molar-refractivity contribution in [2.24, 2.45) is 0 Å². The molecule has 1 heterocycles. The average molecular weight is 511 g/mol. The highest BCUT2D eigenvalue weighted by atomic mass is 32.1. The molecule has 0 nitrogen and oxygen atoms in total. The van der Waals surface area contributed by atoms with Gasteiger partial charge in [0.1, 0.15) is 0 Å². The van der Waals surface area contributed by atoms with Crippen LogP contribution in [0.25, 0.3) is 85.2 Å². The van der Waals surface area contributed by atoms with Crippen molar-refractivity contribution >= 4 is 85.4 Å². The molecule has 0 saturated heterocycles. The van der Waals surface area contributed by atoms with E-state index < -0.39 is 0 Å². The number of fused-ring (bicyclic) bond motifs is 13. The van der Waals surface area contributed by atoms with Gasteiger partial charge in [0.15, 0.2) is 0 Å². The lowest BCUT2D eigenvalue weighted by molar-refractivity contribution is 1.70. The molecule has 0 atom stereocenters. The first-order valence-corrected chi connectivity index (χ1v) is 14.3. The predicted molar refractivity (Wildman–Crippen MR) is 172 cm³/mol. The van der Waals surface area contributed by atoms with Gasteiger partial charge < -0.3 is 0 Å². The van der Waals surface area contributed by atoms with Gasteiger partial charge in [-0.05, 0) is 77.8 Å². The van der Waals surface area contributed by atoms with E-state index in [2.05, 4.69) is 133 Å². The first kappa shape index (κ1) is 21.2. The molecule has 180 valence electrons. The highest BCUT2D eigenvalue weighted by molar-refractivity contribution is 7.26. The first-order chi connectivity index (χ1) is 19.3. The summed E-state index contributed by atoms with van der Waals surface area (Å²) in [6, 6.07) is 49.5. The molecule has 1 heteroatoms. The van der Waals surface area contributed by atoms with E-state index in [0.29, 0.717) is 0 Å². The van der Waals surface area contributed by atoms with Crippen LogP contribution in [-0.4, -0.2) is 0 Å². The summed E-state index contributed by atoms with van der Waals surface area (Å²) >= 11 is 1.91. The maximum atomic E-state index is 2.41. The summed E-state index contributed by atoms with van der Waals surface area (Å²) in [7, 11) is 0. The van der Waals surface area contributed by atoms with Gasteiger partial charge in [-0.15, -0.1) is 11.3 Å². The first-order valence-electron chi connectivity index (χ1n) is 13.4. The van der Waals surface area contributed by atoms with Crippen LogP contribution in [0.5, 0.6) is 0 Å². The van der Waals surface area contributed by atoms with E-state index >= 15 is 0 Å². The third kappa shape index (κ3) is 2.99. The molecule has 0 spiro atoms. The average Bonchev–Trinajstić information content (AvgIpc) is 3.39. The summed E-state index contributed by atoms with van der Waals surface area (Å²) in [5, 5.41) is 15.9. The molecular weight excluding hydrogens is 488 g/mol. The van der Waals surface area contributed by atoms with Crippen LogP contribution >= 0.6 is 11.3 Å². The number of hydrogen-bond donors (Lipinski definition) is 0. The molecular formula is C38H22S. The number of benzene rings is 8. The zero-order valence-electron chi connectivity index (χ0n) is 21.1. The van der Waals surface area contributed by atoms with Crippen LogP contribution < -0.4 is 0 Å². The lowest BCUT2D eigenvalue weighted by Crippen LogP contribution is -1.86. The third-order valence-corrected chi connectivity index (χ3v) is 9.63. The van der Waals surface area contributed by atoms with Crippen molar-refractivity contribution in [1.29, 1.82) is 0 Å². The van der Waals surface area contributed by atoms with Crippen molar-refractivity contribution in [2.45, 2.75) is 0 Å². The van der Waals surface area contributed by atoms with Gasteiger partial charge in [-0.3, -0.25) is 0 Å². The van der Waals surface area contributed by atoms with Gasteiger partial charge >= 0.3 is 0 Å². The number of rotatable bonds is 1. The van der Waals surface area contributed by atoms with Crippen molar-refractivity contribution in [3.63, 3.8) is 0 Å². The van der Waals surface area contributed by atoms with Crippen LogP contribution in [-0.2, 0) is 0 Å². The van der Waals surface area contributed by atoms with Gasteiger partial charge in [-0.25, -0.2) is 0 Å². The van der Waals surface area contributed by atoms with E-state index in [-0.39, 0.29) is 0 Å². The summed E-state index contributed by atoms with van der Waals surface area (Å²) in [6.45, 7) is 0. The Morgan fingerprint density at radius 3 is 1.56 bits per heavy atom. The minimum atomic E-state index is 1.25. The largest absolute Gasteiger partial charge is 0.135 e. The summed E-state index contributed by atoms with van der Waals surface area (Å²) in [5.41, 5.74) is 2.51. The minimum absolute atomic E-state index is 1.25. The highest BCUT2D eigenvalue weighted by Crippen LogP contribution is 2.42. The standard InChI is InChI=1S/C38H22S/c1-2-9-29-27(7-1)28-8-3-4-10-30(28)35-22-26(18-19-31(29)35)25-16-14-23-13-15-24-17-20-33-32-11-5-6-12-36(32)39-38(33)37(24)34(23)21-25/h1-22H. The highest BCUT2D eigenvalue weighted by Gasteiger charge is 2.13. The quantitative estimate of drug-likeness (QED) is 0.193. The zero-order valence-corrected chi connectivity index (χ0v) is 21.9. The fourth-order valence-corrected chi connectivity index (χ4v) is 7.86. The molecule has 0 radical (unpaired) electrons. The summed E-state index contributed by atoms with van der Waals surface area (Å²) < 4.78 is 2.73. The van der Waals surface area contributed by atoms with E-state index in [4.69, 9.17) is 0 Å². The van der Waals surface area contributed by atoms with Crippen molar-refractivity contribution in [2.75, 3.05) is 0 Å². The number of hydrogen-bond acceptors (Lipinski definition) is 1. The topological polar surface area (TPSA) is 0 Å². The summed E-state index contributed by atoms with van der Waals surface area (Å²) in [4.78, 5) is 0. The predicted octanol–water partition coefficient (Wildman–Crippen LogP) is 11.5. The Labute approximate surface area is 229 Å². The molecule has 8 aromatic carbocycles. The molecule has 0 aliphatic heterocycles. The summed E-state index contributed by atoms with van der Waals surface area (Å²) in [5.74, 6) is 0. The molecule has 0 amide bonds. The van der Waals surface area contributed by atoms with Crippen LogP contribution in [0, 0.1) is 0 Å². The van der Waals surface area contributed by atoms with Crippen molar-refractivity contribution in [1.82, 2.24) is 0 Å². The molecule has 9 aromatic rings. The van der Waals surface area contributed by atoms with Crippen molar-refractivity contribution in [3.05, 3.63) is 133 Å². The smallest absolute Gasteiger partial charge is 0.0440 e. The Balaban J connectivity index is 1.35. The van der Waals surface area contributed by atoms with Gasteiger partial charge in [0.25, 0.3) is 0 Å². The normalized spacial score (nSPS) is 12.1. The van der Waals surface area contributed by atoms with E-state index in [1.165, 1.54) is 85.2 Å². The molecule has 9 rings (SSSR count). The molecule has 0 saturated carbocycles. The van der Waals surface area contributed by atoms with Gasteiger partial charge in [0.2, 0.25) is 0 Å². The van der Waals surface area contributed by atoms with Crippen LogP contribution in [0.2, 0.25) is 0 Å². The Morgan fingerprint density at radius 2 is 0.821 bits per heavy atom. The Morgan fingerprint density at radius 1 is 0.333 bits per heavy atom. The second kappa shape index (κ2) is 7.89. The Bertz CT molecular complexity index is 2410.